The Labute approximate surface area is 201 Å². The number of nitrogens with zero attached hydrogens (tertiary/aromatic N) is 3. The molecule has 1 atom stereocenters. The normalized spacial score (nSPS) is 17.4. The van der Waals surface area contributed by atoms with Gasteiger partial charge in [0.25, 0.3) is 5.91 Å². The molecule has 0 radical (unpaired) electrons. The number of imide groups is 1. The van der Waals surface area contributed by atoms with Gasteiger partial charge in [0, 0.05) is 10.0 Å². The van der Waals surface area contributed by atoms with Crippen molar-refractivity contribution < 1.29 is 23.9 Å². The first kappa shape index (κ1) is 24.5. The molecule has 0 fully saturated rings. The lowest BCUT2D eigenvalue weighted by Crippen LogP contribution is -2.45. The highest BCUT2D eigenvalue weighted by Crippen LogP contribution is 2.33. The molecular formula is C23H23Cl2N3O5. The van der Waals surface area contributed by atoms with Gasteiger partial charge in [0.15, 0.2) is 0 Å². The number of methoxy groups -OCH3 is 1. The Bertz CT molecular complexity index is 1070. The predicted octanol–water partition coefficient (Wildman–Crippen LogP) is 4.38. The van der Waals surface area contributed by atoms with Crippen LogP contribution in [-0.4, -0.2) is 55.5 Å². The molecule has 2 aromatic carbocycles. The number of rotatable bonds is 6. The smallest absolute Gasteiger partial charge is 0.421 e. The van der Waals surface area contributed by atoms with Gasteiger partial charge in [-0.3, -0.25) is 14.6 Å². The van der Waals surface area contributed by atoms with Crippen LogP contribution >= 0.6 is 23.2 Å². The minimum Gasteiger partial charge on any atom is -0.468 e. The number of hydrogen-bond acceptors (Lipinski definition) is 7. The van der Waals surface area contributed by atoms with Crippen molar-refractivity contribution in [2.75, 3.05) is 31.7 Å². The van der Waals surface area contributed by atoms with Crippen LogP contribution in [-0.2, 0) is 19.1 Å². The molecule has 1 aliphatic rings. The molecule has 0 bridgehead atoms. The van der Waals surface area contributed by atoms with Crippen LogP contribution in [0, 0.1) is 5.41 Å². The highest BCUT2D eigenvalue weighted by molar-refractivity contribution is 6.31. The summed E-state index contributed by atoms with van der Waals surface area (Å²) >= 11 is 11.9. The van der Waals surface area contributed by atoms with Crippen LogP contribution in [0.3, 0.4) is 0 Å². The second-order valence-corrected chi connectivity index (χ2v) is 8.38. The summed E-state index contributed by atoms with van der Waals surface area (Å²) in [5.74, 6) is -1.07. The Morgan fingerprint density at radius 2 is 1.64 bits per heavy atom. The number of carbonyl (C=O) groups excluding carboxylic acids is 3. The summed E-state index contributed by atoms with van der Waals surface area (Å²) in [4.78, 5) is 39.3. The third-order valence-corrected chi connectivity index (χ3v) is 5.62. The van der Waals surface area contributed by atoms with E-state index in [9.17, 15) is 14.4 Å². The topological polar surface area (TPSA) is 88.5 Å². The van der Waals surface area contributed by atoms with Crippen molar-refractivity contribution >= 4 is 52.6 Å². The molecule has 0 spiro atoms. The van der Waals surface area contributed by atoms with Crippen molar-refractivity contribution in [2.24, 2.45) is 10.5 Å². The predicted molar refractivity (Wildman–Crippen MR) is 126 cm³/mol. The van der Waals surface area contributed by atoms with Crippen LogP contribution in [0.1, 0.15) is 19.4 Å². The van der Waals surface area contributed by atoms with Gasteiger partial charge >= 0.3 is 12.1 Å². The SMILES string of the molecule is CCOC(=O)N(C(=O)CN1CC(C)(C(=O)OC)C(c2ccc(Cl)cc2)=N1)c1ccc(Cl)cc1. The van der Waals surface area contributed by atoms with E-state index in [0.717, 1.165) is 4.90 Å². The van der Waals surface area contributed by atoms with Gasteiger partial charge in [-0.05, 0) is 55.8 Å². The van der Waals surface area contributed by atoms with E-state index in [1.54, 1.807) is 62.4 Å². The maximum atomic E-state index is 13.2. The van der Waals surface area contributed by atoms with Gasteiger partial charge < -0.3 is 9.47 Å². The minimum atomic E-state index is -1.13. The monoisotopic (exact) mass is 491 g/mol. The van der Waals surface area contributed by atoms with E-state index >= 15 is 0 Å². The van der Waals surface area contributed by atoms with Gasteiger partial charge in [-0.15, -0.1) is 0 Å². The van der Waals surface area contributed by atoms with E-state index < -0.39 is 23.4 Å². The zero-order valence-electron chi connectivity index (χ0n) is 18.4. The summed E-state index contributed by atoms with van der Waals surface area (Å²) in [7, 11) is 1.30. The van der Waals surface area contributed by atoms with Crippen LogP contribution in [0.2, 0.25) is 10.0 Å². The first-order chi connectivity index (χ1) is 15.7. The minimum absolute atomic E-state index is 0.0840. The number of halogens is 2. The number of hydrazone groups is 1. The van der Waals surface area contributed by atoms with E-state index in [-0.39, 0.29) is 19.7 Å². The van der Waals surface area contributed by atoms with Gasteiger partial charge in [0.1, 0.15) is 12.0 Å². The first-order valence-electron chi connectivity index (χ1n) is 10.1. The zero-order valence-corrected chi connectivity index (χ0v) is 19.9. The number of benzene rings is 2. The van der Waals surface area contributed by atoms with E-state index in [0.29, 0.717) is 27.0 Å². The molecule has 0 aromatic heterocycles. The molecule has 0 aliphatic carbocycles. The molecule has 0 saturated heterocycles. The fourth-order valence-electron chi connectivity index (χ4n) is 3.55. The van der Waals surface area contributed by atoms with Crippen LogP contribution in [0.15, 0.2) is 53.6 Å². The third kappa shape index (κ3) is 5.29. The van der Waals surface area contributed by atoms with Crippen molar-refractivity contribution in [1.29, 1.82) is 0 Å². The number of carbonyl (C=O) groups is 3. The molecule has 3 rings (SSSR count). The van der Waals surface area contributed by atoms with Crippen molar-refractivity contribution in [3.05, 3.63) is 64.1 Å². The fourth-order valence-corrected chi connectivity index (χ4v) is 3.80. The lowest BCUT2D eigenvalue weighted by molar-refractivity contribution is -0.148. The summed E-state index contributed by atoms with van der Waals surface area (Å²) in [5, 5.41) is 6.96. The summed E-state index contributed by atoms with van der Waals surface area (Å²) < 4.78 is 10.1. The first-order valence-corrected chi connectivity index (χ1v) is 10.9. The van der Waals surface area contributed by atoms with Crippen molar-refractivity contribution in [3.8, 4) is 0 Å². The van der Waals surface area contributed by atoms with E-state index in [1.165, 1.54) is 12.1 Å². The number of anilines is 1. The summed E-state index contributed by atoms with van der Waals surface area (Å²) in [5.41, 5.74) is 0.285. The third-order valence-electron chi connectivity index (χ3n) is 5.12. The van der Waals surface area contributed by atoms with Crippen LogP contribution in [0.5, 0.6) is 0 Å². The molecule has 0 N–H and O–H groups in total. The van der Waals surface area contributed by atoms with Gasteiger partial charge in [0.2, 0.25) is 0 Å². The van der Waals surface area contributed by atoms with E-state index in [1.807, 2.05) is 0 Å². The summed E-state index contributed by atoms with van der Waals surface area (Å²) in [6, 6.07) is 13.1. The van der Waals surface area contributed by atoms with Gasteiger partial charge in [-0.2, -0.15) is 5.10 Å². The standard InChI is InChI=1S/C23H23Cl2N3O5/c1-4-33-22(31)28(18-11-9-17(25)10-12-18)19(29)13-27-14-23(2,21(30)32-3)20(26-27)15-5-7-16(24)8-6-15/h5-12H,4,13-14H2,1-3H3. The maximum absolute atomic E-state index is 13.2. The van der Waals surface area contributed by atoms with Gasteiger partial charge in [-0.1, -0.05) is 35.3 Å². The molecule has 33 heavy (non-hydrogen) atoms. The van der Waals surface area contributed by atoms with Crippen LogP contribution in [0.4, 0.5) is 10.5 Å². The summed E-state index contributed by atoms with van der Waals surface area (Å²) in [6.07, 6.45) is -0.818. The highest BCUT2D eigenvalue weighted by Gasteiger charge is 2.47. The Kier molecular flexibility index (Phi) is 7.61. The van der Waals surface area contributed by atoms with Gasteiger partial charge in [0.05, 0.1) is 31.7 Å². The lowest BCUT2D eigenvalue weighted by atomic mass is 9.82. The Morgan fingerprint density at radius 1 is 1.06 bits per heavy atom. The van der Waals surface area contributed by atoms with Crippen LogP contribution < -0.4 is 4.90 Å². The molecule has 1 heterocycles. The Balaban J connectivity index is 1.91. The Hall–Kier alpha value is -3.10. The summed E-state index contributed by atoms with van der Waals surface area (Å²) in [6.45, 7) is 3.25. The molecule has 174 valence electrons. The second-order valence-electron chi connectivity index (χ2n) is 7.51. The quantitative estimate of drug-likeness (QED) is 0.557. The molecule has 0 saturated carbocycles. The lowest BCUT2D eigenvalue weighted by Gasteiger charge is -2.25. The second kappa shape index (κ2) is 10.2. The molecular weight excluding hydrogens is 469 g/mol. The molecule has 10 heteroatoms. The molecule has 1 aliphatic heterocycles. The zero-order chi connectivity index (χ0) is 24.2. The van der Waals surface area contributed by atoms with E-state index in [4.69, 9.17) is 32.7 Å². The molecule has 1 unspecified atom stereocenters. The Morgan fingerprint density at radius 3 is 2.18 bits per heavy atom. The number of amides is 2. The fraction of sp³-hybridized carbons (Fsp3) is 0.304. The highest BCUT2D eigenvalue weighted by atomic mass is 35.5. The molecule has 2 amide bonds. The van der Waals surface area contributed by atoms with Crippen molar-refractivity contribution in [1.82, 2.24) is 5.01 Å². The number of esters is 1. The average molecular weight is 492 g/mol. The number of hydrogen-bond donors (Lipinski definition) is 0. The average Bonchev–Trinajstić information content (AvgIpc) is 3.12. The van der Waals surface area contributed by atoms with E-state index in [2.05, 4.69) is 5.10 Å². The molecule has 8 nitrogen and oxygen atoms in total. The van der Waals surface area contributed by atoms with Gasteiger partial charge in [-0.25, -0.2) is 9.69 Å². The van der Waals surface area contributed by atoms with Crippen molar-refractivity contribution in [3.63, 3.8) is 0 Å². The number of ether oxygens (including phenoxy) is 2. The van der Waals surface area contributed by atoms with Crippen LogP contribution in [0.25, 0.3) is 0 Å². The van der Waals surface area contributed by atoms with Crippen molar-refractivity contribution in [2.45, 2.75) is 13.8 Å². The maximum Gasteiger partial charge on any atom is 0.421 e. The molecule has 2 aromatic rings. The largest absolute Gasteiger partial charge is 0.468 e.